The molecule has 0 unspecified atom stereocenters. The molecule has 1 aliphatic carbocycles. The lowest BCUT2D eigenvalue weighted by Gasteiger charge is -2.10. The van der Waals surface area contributed by atoms with E-state index in [9.17, 15) is 9.90 Å². The summed E-state index contributed by atoms with van der Waals surface area (Å²) in [4.78, 5) is 11.9. The van der Waals surface area contributed by atoms with Crippen molar-refractivity contribution < 1.29 is 14.6 Å². The van der Waals surface area contributed by atoms with Crippen molar-refractivity contribution in [2.24, 2.45) is 11.8 Å². The normalized spacial score (nSPS) is 18.6. The molecule has 3 nitrogen and oxygen atoms in total. The van der Waals surface area contributed by atoms with Crippen LogP contribution in [-0.4, -0.2) is 23.8 Å². The van der Waals surface area contributed by atoms with Gasteiger partial charge in [0.1, 0.15) is 0 Å². The maximum absolute atomic E-state index is 11.9. The molecule has 3 heteroatoms. The van der Waals surface area contributed by atoms with Crippen LogP contribution in [0.3, 0.4) is 0 Å². The minimum atomic E-state index is -0.0946. The van der Waals surface area contributed by atoms with Crippen LogP contribution in [0.5, 0.6) is 0 Å². The molecule has 190 valence electrons. The first-order valence-corrected chi connectivity index (χ1v) is 14.5. The first-order chi connectivity index (χ1) is 15.7. The Morgan fingerprint density at radius 1 is 0.719 bits per heavy atom. The number of hydrogen-bond acceptors (Lipinski definition) is 3. The molecule has 0 aromatic heterocycles. The summed E-state index contributed by atoms with van der Waals surface area (Å²) in [5.74, 6) is 1.49. The van der Waals surface area contributed by atoms with E-state index in [1.165, 1.54) is 103 Å². The summed E-state index contributed by atoms with van der Waals surface area (Å²) in [5, 5.41) is 10.1. The van der Waals surface area contributed by atoms with Crippen molar-refractivity contribution in [1.82, 2.24) is 0 Å². The first-order valence-electron chi connectivity index (χ1n) is 14.5. The minimum absolute atomic E-state index is 0.00937. The zero-order valence-corrected chi connectivity index (χ0v) is 21.8. The predicted molar refractivity (Wildman–Crippen MR) is 137 cm³/mol. The van der Waals surface area contributed by atoms with Gasteiger partial charge in [-0.05, 0) is 37.5 Å². The van der Waals surface area contributed by atoms with E-state index >= 15 is 0 Å². The molecule has 0 heterocycles. The molecular formula is C29H56O3. The molecule has 1 saturated carbocycles. The SMILES string of the molecule is CCCCCCCCC[C@H](O)CCCCCCCCC(=O)OC[C@@H]1C[C@@H]1CCCCCC. The summed E-state index contributed by atoms with van der Waals surface area (Å²) in [6.45, 7) is 5.18. The van der Waals surface area contributed by atoms with Crippen LogP contribution in [0.15, 0.2) is 0 Å². The first kappa shape index (κ1) is 29.5. The van der Waals surface area contributed by atoms with Gasteiger partial charge in [-0.25, -0.2) is 0 Å². The van der Waals surface area contributed by atoms with Gasteiger partial charge in [0.2, 0.25) is 0 Å². The minimum Gasteiger partial charge on any atom is -0.465 e. The van der Waals surface area contributed by atoms with Gasteiger partial charge in [-0.2, -0.15) is 0 Å². The van der Waals surface area contributed by atoms with Crippen LogP contribution in [0.1, 0.15) is 155 Å². The van der Waals surface area contributed by atoms with Gasteiger partial charge in [0, 0.05) is 6.42 Å². The fraction of sp³-hybridized carbons (Fsp3) is 0.966. The average molecular weight is 453 g/mol. The van der Waals surface area contributed by atoms with Crippen molar-refractivity contribution in [3.05, 3.63) is 0 Å². The fourth-order valence-electron chi connectivity index (χ4n) is 4.81. The van der Waals surface area contributed by atoms with E-state index in [4.69, 9.17) is 4.74 Å². The Morgan fingerprint density at radius 2 is 1.22 bits per heavy atom. The molecule has 0 aromatic carbocycles. The Balaban J connectivity index is 1.78. The van der Waals surface area contributed by atoms with Crippen molar-refractivity contribution >= 4 is 5.97 Å². The van der Waals surface area contributed by atoms with Gasteiger partial charge >= 0.3 is 5.97 Å². The topological polar surface area (TPSA) is 46.5 Å². The maximum atomic E-state index is 11.9. The van der Waals surface area contributed by atoms with Gasteiger partial charge in [0.05, 0.1) is 12.7 Å². The number of unbranched alkanes of at least 4 members (excludes halogenated alkanes) is 14. The predicted octanol–water partition coefficient (Wildman–Crippen LogP) is 8.76. The summed E-state index contributed by atoms with van der Waals surface area (Å²) in [7, 11) is 0. The van der Waals surface area contributed by atoms with Crippen LogP contribution < -0.4 is 0 Å². The summed E-state index contributed by atoms with van der Waals surface area (Å²) in [6.07, 6.45) is 26.5. The monoisotopic (exact) mass is 452 g/mol. The number of aliphatic hydroxyl groups excluding tert-OH is 1. The number of carbonyl (C=O) groups excluding carboxylic acids is 1. The van der Waals surface area contributed by atoms with Gasteiger partial charge < -0.3 is 9.84 Å². The standard InChI is InChI=1S/C29H56O3/c1-3-5-7-9-10-13-17-21-28(30)22-18-14-11-12-15-19-23-29(31)32-25-27-24-26(27)20-16-8-6-4-2/h26-28,30H,3-25H2,1-2H3/t26-,27-,28-/m0/s1. The molecular weight excluding hydrogens is 396 g/mol. The Morgan fingerprint density at radius 3 is 1.81 bits per heavy atom. The number of hydrogen-bond donors (Lipinski definition) is 1. The van der Waals surface area contributed by atoms with E-state index in [1.54, 1.807) is 0 Å². The molecule has 0 bridgehead atoms. The number of carbonyl (C=O) groups is 1. The zero-order valence-electron chi connectivity index (χ0n) is 21.8. The van der Waals surface area contributed by atoms with Crippen molar-refractivity contribution in [3.63, 3.8) is 0 Å². The lowest BCUT2D eigenvalue weighted by atomic mass is 10.0. The second-order valence-electron chi connectivity index (χ2n) is 10.5. The molecule has 0 amide bonds. The number of esters is 1. The molecule has 3 atom stereocenters. The Bertz CT molecular complexity index is 423. The molecule has 1 aliphatic rings. The van der Waals surface area contributed by atoms with Crippen molar-refractivity contribution in [3.8, 4) is 0 Å². The molecule has 1 fully saturated rings. The molecule has 0 aromatic rings. The lowest BCUT2D eigenvalue weighted by Crippen LogP contribution is -2.07. The average Bonchev–Trinajstić information content (AvgIpc) is 3.54. The van der Waals surface area contributed by atoms with E-state index < -0.39 is 0 Å². The smallest absolute Gasteiger partial charge is 0.305 e. The van der Waals surface area contributed by atoms with Gasteiger partial charge in [0.15, 0.2) is 0 Å². The summed E-state index contributed by atoms with van der Waals surface area (Å²) in [6, 6.07) is 0. The Labute approximate surface area is 200 Å². The Kier molecular flexibility index (Phi) is 19.3. The van der Waals surface area contributed by atoms with E-state index in [-0.39, 0.29) is 12.1 Å². The molecule has 0 saturated heterocycles. The molecule has 0 radical (unpaired) electrons. The third kappa shape index (κ3) is 17.9. The van der Waals surface area contributed by atoms with Gasteiger partial charge in [0.25, 0.3) is 0 Å². The highest BCUT2D eigenvalue weighted by atomic mass is 16.5. The third-order valence-corrected chi connectivity index (χ3v) is 7.27. The number of aliphatic hydroxyl groups is 1. The van der Waals surface area contributed by atoms with Crippen LogP contribution in [0.4, 0.5) is 0 Å². The zero-order chi connectivity index (χ0) is 23.3. The molecule has 32 heavy (non-hydrogen) atoms. The molecule has 1 rings (SSSR count). The highest BCUT2D eigenvalue weighted by Gasteiger charge is 2.36. The highest BCUT2D eigenvalue weighted by Crippen LogP contribution is 2.42. The van der Waals surface area contributed by atoms with Crippen molar-refractivity contribution in [2.75, 3.05) is 6.61 Å². The van der Waals surface area contributed by atoms with Gasteiger partial charge in [-0.1, -0.05) is 123 Å². The maximum Gasteiger partial charge on any atom is 0.305 e. The van der Waals surface area contributed by atoms with Gasteiger partial charge in [-0.15, -0.1) is 0 Å². The van der Waals surface area contributed by atoms with E-state index in [1.807, 2.05) is 0 Å². The summed E-state index contributed by atoms with van der Waals surface area (Å²) in [5.41, 5.74) is 0. The van der Waals surface area contributed by atoms with Gasteiger partial charge in [-0.3, -0.25) is 4.79 Å². The third-order valence-electron chi connectivity index (χ3n) is 7.27. The lowest BCUT2D eigenvalue weighted by molar-refractivity contribution is -0.144. The van der Waals surface area contributed by atoms with Crippen molar-refractivity contribution in [1.29, 1.82) is 0 Å². The fourth-order valence-corrected chi connectivity index (χ4v) is 4.81. The highest BCUT2D eigenvalue weighted by molar-refractivity contribution is 5.69. The molecule has 0 spiro atoms. The number of ether oxygens (including phenoxy) is 1. The quantitative estimate of drug-likeness (QED) is 0.118. The summed E-state index contributed by atoms with van der Waals surface area (Å²) >= 11 is 0. The van der Waals surface area contributed by atoms with Crippen molar-refractivity contribution in [2.45, 2.75) is 161 Å². The second-order valence-corrected chi connectivity index (χ2v) is 10.5. The van der Waals surface area contributed by atoms with Crippen LogP contribution >= 0.6 is 0 Å². The largest absolute Gasteiger partial charge is 0.465 e. The van der Waals surface area contributed by atoms with Crippen LogP contribution in [0, 0.1) is 11.8 Å². The summed E-state index contributed by atoms with van der Waals surface area (Å²) < 4.78 is 5.49. The number of rotatable bonds is 24. The Hall–Kier alpha value is -0.570. The van der Waals surface area contributed by atoms with Crippen LogP contribution in [-0.2, 0) is 9.53 Å². The second kappa shape index (κ2) is 21.0. The van der Waals surface area contributed by atoms with Crippen LogP contribution in [0.25, 0.3) is 0 Å². The van der Waals surface area contributed by atoms with Crippen LogP contribution in [0.2, 0.25) is 0 Å². The van der Waals surface area contributed by atoms with E-state index in [0.717, 1.165) is 38.0 Å². The van der Waals surface area contributed by atoms with E-state index in [0.29, 0.717) is 18.9 Å². The molecule has 1 N–H and O–H groups in total. The molecule has 0 aliphatic heterocycles. The van der Waals surface area contributed by atoms with E-state index in [2.05, 4.69) is 13.8 Å².